The Morgan fingerprint density at radius 2 is 1.91 bits per heavy atom. The Kier molecular flexibility index (Phi) is 7.90. The van der Waals surface area contributed by atoms with Gasteiger partial charge in [0, 0.05) is 18.7 Å². The summed E-state index contributed by atoms with van der Waals surface area (Å²) in [5.41, 5.74) is -1.36. The maximum absolute atomic E-state index is 12.9. The van der Waals surface area contributed by atoms with Crippen LogP contribution in [0.5, 0.6) is 5.75 Å². The number of non-ortho nitro benzene ring substituents is 1. The van der Waals surface area contributed by atoms with Crippen molar-refractivity contribution in [1.82, 2.24) is 5.32 Å². The summed E-state index contributed by atoms with van der Waals surface area (Å²) in [5.74, 6) is -0.816. The van der Waals surface area contributed by atoms with E-state index in [1.165, 1.54) is 32.2 Å². The molecule has 0 unspecified atom stereocenters. The van der Waals surface area contributed by atoms with Gasteiger partial charge in [0.05, 0.1) is 23.9 Å². The van der Waals surface area contributed by atoms with Gasteiger partial charge in [-0.3, -0.25) is 19.2 Å². The van der Waals surface area contributed by atoms with Gasteiger partial charge in [-0.15, -0.1) is 0 Å². The summed E-state index contributed by atoms with van der Waals surface area (Å²) < 4.78 is 69.8. The number of alkyl halides is 3. The number of carbonyl (C=O) groups is 1. The number of rotatable bonds is 9. The molecule has 0 aliphatic rings. The van der Waals surface area contributed by atoms with Crippen molar-refractivity contribution in [3.63, 3.8) is 0 Å². The zero-order chi connectivity index (χ0) is 25.0. The van der Waals surface area contributed by atoms with Gasteiger partial charge in [0.1, 0.15) is 17.5 Å². The average molecular weight is 489 g/mol. The zero-order valence-corrected chi connectivity index (χ0v) is 18.7. The lowest BCUT2D eigenvalue weighted by molar-refractivity contribution is -0.384. The second kappa shape index (κ2) is 10.1. The molecule has 0 spiro atoms. The predicted octanol–water partition coefficient (Wildman–Crippen LogP) is 3.48. The maximum Gasteiger partial charge on any atom is 0.416 e. The van der Waals surface area contributed by atoms with Crippen molar-refractivity contribution in [2.45, 2.75) is 32.1 Å². The minimum absolute atomic E-state index is 0.0184. The van der Waals surface area contributed by atoms with Gasteiger partial charge < -0.3 is 10.1 Å². The number of hydrogen-bond acceptors (Lipinski definition) is 6. The minimum atomic E-state index is -4.56. The van der Waals surface area contributed by atoms with Crippen molar-refractivity contribution in [3.8, 4) is 5.75 Å². The van der Waals surface area contributed by atoms with E-state index in [9.17, 15) is 36.5 Å². The normalized spacial score (nSPS) is 12.7. The predicted molar refractivity (Wildman–Crippen MR) is 114 cm³/mol. The van der Waals surface area contributed by atoms with Crippen LogP contribution in [0.25, 0.3) is 0 Å². The third kappa shape index (κ3) is 6.34. The second-order valence-corrected chi connectivity index (χ2v) is 8.87. The SMILES string of the molecule is CC[C@H](C(=O)NCc1cccc(C(F)(F)F)c1)N(c1cc([N+](=O)[O-])ccc1OC)S(C)(=O)=O. The number of benzene rings is 2. The first-order valence-electron chi connectivity index (χ1n) is 9.55. The van der Waals surface area contributed by atoms with E-state index in [1.54, 1.807) is 0 Å². The van der Waals surface area contributed by atoms with Gasteiger partial charge in [0.15, 0.2) is 0 Å². The quantitative estimate of drug-likeness (QED) is 0.426. The van der Waals surface area contributed by atoms with E-state index in [2.05, 4.69) is 5.32 Å². The Morgan fingerprint density at radius 1 is 1.24 bits per heavy atom. The number of nitrogens with one attached hydrogen (secondary N) is 1. The number of nitrogens with zero attached hydrogens (tertiary/aromatic N) is 2. The van der Waals surface area contributed by atoms with E-state index in [4.69, 9.17) is 4.74 Å². The van der Waals surface area contributed by atoms with E-state index in [-0.39, 0.29) is 30.0 Å². The Bertz CT molecular complexity index is 1140. The van der Waals surface area contributed by atoms with Gasteiger partial charge in [-0.1, -0.05) is 19.1 Å². The van der Waals surface area contributed by atoms with Gasteiger partial charge in [-0.2, -0.15) is 13.2 Å². The lowest BCUT2D eigenvalue weighted by Crippen LogP contribution is -2.49. The molecule has 0 fully saturated rings. The molecule has 0 radical (unpaired) electrons. The molecule has 1 N–H and O–H groups in total. The van der Waals surface area contributed by atoms with E-state index >= 15 is 0 Å². The molecule has 0 saturated heterocycles. The summed E-state index contributed by atoms with van der Waals surface area (Å²) in [5, 5.41) is 13.6. The Morgan fingerprint density at radius 3 is 2.42 bits per heavy atom. The minimum Gasteiger partial charge on any atom is -0.495 e. The van der Waals surface area contributed by atoms with Crippen molar-refractivity contribution >= 4 is 27.3 Å². The van der Waals surface area contributed by atoms with Gasteiger partial charge in [-0.25, -0.2) is 8.42 Å². The van der Waals surface area contributed by atoms with Gasteiger partial charge in [-0.05, 0) is 30.2 Å². The first-order valence-corrected chi connectivity index (χ1v) is 11.4. The molecule has 1 amide bonds. The molecule has 180 valence electrons. The fourth-order valence-corrected chi connectivity index (χ4v) is 4.37. The van der Waals surface area contributed by atoms with Crippen molar-refractivity contribution in [2.75, 3.05) is 17.7 Å². The first kappa shape index (κ1) is 25.9. The smallest absolute Gasteiger partial charge is 0.416 e. The molecule has 33 heavy (non-hydrogen) atoms. The molecule has 2 aromatic carbocycles. The van der Waals surface area contributed by atoms with Crippen LogP contribution < -0.4 is 14.4 Å². The van der Waals surface area contributed by atoms with E-state index in [1.807, 2.05) is 0 Å². The number of sulfonamides is 1. The van der Waals surface area contributed by atoms with Crippen molar-refractivity contribution < 1.29 is 36.0 Å². The summed E-state index contributed by atoms with van der Waals surface area (Å²) in [4.78, 5) is 23.4. The van der Waals surface area contributed by atoms with Crippen LogP contribution in [-0.4, -0.2) is 38.7 Å². The fraction of sp³-hybridized carbons (Fsp3) is 0.350. The van der Waals surface area contributed by atoms with Gasteiger partial charge in [0.25, 0.3) is 5.69 Å². The molecule has 2 aromatic rings. The molecule has 13 heteroatoms. The number of halogens is 3. The van der Waals surface area contributed by atoms with Crippen LogP contribution in [0.15, 0.2) is 42.5 Å². The number of methoxy groups -OCH3 is 1. The lowest BCUT2D eigenvalue weighted by atomic mass is 10.1. The molecule has 0 bridgehead atoms. The van der Waals surface area contributed by atoms with Crippen molar-refractivity contribution in [3.05, 3.63) is 63.7 Å². The third-order valence-electron chi connectivity index (χ3n) is 4.66. The van der Waals surface area contributed by atoms with Crippen LogP contribution in [0.3, 0.4) is 0 Å². The number of amides is 1. The maximum atomic E-state index is 12.9. The van der Waals surface area contributed by atoms with Crippen LogP contribution in [-0.2, 0) is 27.5 Å². The second-order valence-electron chi connectivity index (χ2n) is 7.01. The molecule has 0 aliphatic heterocycles. The molecule has 9 nitrogen and oxygen atoms in total. The number of anilines is 1. The molecular weight excluding hydrogens is 467 g/mol. The van der Waals surface area contributed by atoms with Crippen LogP contribution in [0.2, 0.25) is 0 Å². The van der Waals surface area contributed by atoms with Gasteiger partial charge in [0.2, 0.25) is 15.9 Å². The number of nitro groups is 1. The van der Waals surface area contributed by atoms with E-state index < -0.39 is 44.3 Å². The Labute approximate surface area is 188 Å². The molecular formula is C20H22F3N3O6S. The number of ether oxygens (including phenoxy) is 1. The van der Waals surface area contributed by atoms with Crippen LogP contribution in [0.4, 0.5) is 24.5 Å². The standard InChI is InChI=1S/C20H22F3N3O6S/c1-4-16(19(27)24-12-13-6-5-7-14(10-13)20(21,22)23)25(33(3,30)31)17-11-15(26(28)29)8-9-18(17)32-2/h5-11,16H,4,12H2,1-3H3,(H,24,27)/t16-/m1/s1. The summed E-state index contributed by atoms with van der Waals surface area (Å²) in [6.45, 7) is 1.24. The summed E-state index contributed by atoms with van der Waals surface area (Å²) in [6, 6.07) is 6.30. The Hall–Kier alpha value is -3.35. The largest absolute Gasteiger partial charge is 0.495 e. The zero-order valence-electron chi connectivity index (χ0n) is 17.9. The third-order valence-corrected chi connectivity index (χ3v) is 5.83. The lowest BCUT2D eigenvalue weighted by Gasteiger charge is -2.31. The molecule has 0 heterocycles. The highest BCUT2D eigenvalue weighted by Crippen LogP contribution is 2.35. The first-order chi connectivity index (χ1) is 15.3. The van der Waals surface area contributed by atoms with E-state index in [0.29, 0.717) is 4.31 Å². The number of carbonyl (C=O) groups excluding carboxylic acids is 1. The monoisotopic (exact) mass is 489 g/mol. The topological polar surface area (TPSA) is 119 Å². The molecule has 1 atom stereocenters. The van der Waals surface area contributed by atoms with Gasteiger partial charge >= 0.3 is 6.18 Å². The molecule has 0 aromatic heterocycles. The van der Waals surface area contributed by atoms with Crippen molar-refractivity contribution in [1.29, 1.82) is 0 Å². The summed E-state index contributed by atoms with van der Waals surface area (Å²) >= 11 is 0. The number of hydrogen-bond donors (Lipinski definition) is 1. The molecule has 0 aliphatic carbocycles. The van der Waals surface area contributed by atoms with Crippen molar-refractivity contribution in [2.24, 2.45) is 0 Å². The van der Waals surface area contributed by atoms with Crippen LogP contribution in [0, 0.1) is 10.1 Å². The summed E-state index contributed by atoms with van der Waals surface area (Å²) in [7, 11) is -2.90. The number of nitro benzene ring substituents is 1. The van der Waals surface area contributed by atoms with Crippen LogP contribution >= 0.6 is 0 Å². The molecule has 2 rings (SSSR count). The summed E-state index contributed by atoms with van der Waals surface area (Å²) in [6.07, 6.45) is -3.76. The van der Waals surface area contributed by atoms with Crippen LogP contribution in [0.1, 0.15) is 24.5 Å². The van der Waals surface area contributed by atoms with E-state index in [0.717, 1.165) is 30.5 Å². The highest BCUT2D eigenvalue weighted by atomic mass is 32.2. The Balaban J connectivity index is 2.40. The molecule has 0 saturated carbocycles. The average Bonchev–Trinajstić information content (AvgIpc) is 2.74. The highest BCUT2D eigenvalue weighted by Gasteiger charge is 2.34. The fourth-order valence-electron chi connectivity index (χ4n) is 3.16. The highest BCUT2D eigenvalue weighted by molar-refractivity contribution is 7.92.